The lowest BCUT2D eigenvalue weighted by Gasteiger charge is -2.22. The highest BCUT2D eigenvalue weighted by Gasteiger charge is 2.16. The second-order valence-electron chi connectivity index (χ2n) is 4.57. The number of carbonyl (C=O) groups is 1. The third kappa shape index (κ3) is 3.20. The van der Waals surface area contributed by atoms with Gasteiger partial charge in [0.25, 0.3) is 5.91 Å². The Balaban J connectivity index is 1.90. The van der Waals surface area contributed by atoms with E-state index in [1.54, 1.807) is 0 Å². The minimum atomic E-state index is -0.696. The molecule has 0 saturated carbocycles. The van der Waals surface area contributed by atoms with Gasteiger partial charge in [0.1, 0.15) is 11.6 Å². The van der Waals surface area contributed by atoms with Gasteiger partial charge in [-0.15, -0.1) is 0 Å². The first kappa shape index (κ1) is 12.8. The molecule has 4 nitrogen and oxygen atoms in total. The number of amides is 1. The zero-order valence-corrected chi connectivity index (χ0v) is 10.1. The number of rotatable bonds is 3. The number of hydrogen-bond acceptors (Lipinski definition) is 3. The molecule has 0 aromatic heterocycles. The van der Waals surface area contributed by atoms with Crippen LogP contribution in [0.25, 0.3) is 0 Å². The van der Waals surface area contributed by atoms with E-state index in [2.05, 4.69) is 10.6 Å². The summed E-state index contributed by atoms with van der Waals surface area (Å²) in [5.74, 6) is -0.846. The summed E-state index contributed by atoms with van der Waals surface area (Å²) >= 11 is 0. The van der Waals surface area contributed by atoms with Crippen LogP contribution in [0, 0.1) is 11.7 Å². The van der Waals surface area contributed by atoms with Crippen LogP contribution in [0.2, 0.25) is 0 Å². The zero-order valence-electron chi connectivity index (χ0n) is 10.1. The van der Waals surface area contributed by atoms with E-state index in [-0.39, 0.29) is 11.3 Å². The van der Waals surface area contributed by atoms with Crippen LogP contribution in [0.15, 0.2) is 18.2 Å². The van der Waals surface area contributed by atoms with E-state index in [4.69, 9.17) is 5.11 Å². The minimum Gasteiger partial charge on any atom is -0.508 e. The summed E-state index contributed by atoms with van der Waals surface area (Å²) in [6.45, 7) is 2.50. The summed E-state index contributed by atoms with van der Waals surface area (Å²) in [7, 11) is 0. The summed E-state index contributed by atoms with van der Waals surface area (Å²) in [4.78, 5) is 11.8. The number of nitrogens with one attached hydrogen (secondary N) is 2. The molecule has 5 heteroatoms. The average molecular weight is 252 g/mol. The van der Waals surface area contributed by atoms with Gasteiger partial charge in [-0.3, -0.25) is 4.79 Å². The SMILES string of the molecule is O=C(NCC1CCNCC1)c1ccc(O)cc1F. The summed E-state index contributed by atoms with van der Waals surface area (Å²) in [6, 6.07) is 3.55. The van der Waals surface area contributed by atoms with Gasteiger partial charge in [0.15, 0.2) is 0 Å². The normalized spacial score (nSPS) is 16.5. The molecule has 2 rings (SSSR count). The zero-order chi connectivity index (χ0) is 13.0. The van der Waals surface area contributed by atoms with Crippen molar-refractivity contribution >= 4 is 5.91 Å². The van der Waals surface area contributed by atoms with Crippen molar-refractivity contribution in [2.45, 2.75) is 12.8 Å². The summed E-state index contributed by atoms with van der Waals surface area (Å²) in [6.07, 6.45) is 2.05. The smallest absolute Gasteiger partial charge is 0.254 e. The molecule has 1 aliphatic heterocycles. The molecule has 0 radical (unpaired) electrons. The van der Waals surface area contributed by atoms with Crippen molar-refractivity contribution in [1.82, 2.24) is 10.6 Å². The summed E-state index contributed by atoms with van der Waals surface area (Å²) < 4.78 is 13.4. The molecule has 0 atom stereocenters. The number of piperidine rings is 1. The molecule has 3 N–H and O–H groups in total. The molecule has 1 saturated heterocycles. The minimum absolute atomic E-state index is 0.0262. The maximum absolute atomic E-state index is 13.4. The fraction of sp³-hybridized carbons (Fsp3) is 0.462. The van der Waals surface area contributed by atoms with Gasteiger partial charge in [0, 0.05) is 12.6 Å². The Bertz CT molecular complexity index is 431. The lowest BCUT2D eigenvalue weighted by Crippen LogP contribution is -2.36. The first-order chi connectivity index (χ1) is 8.66. The second-order valence-corrected chi connectivity index (χ2v) is 4.57. The van der Waals surface area contributed by atoms with E-state index in [1.165, 1.54) is 12.1 Å². The number of phenolic OH excluding ortho intramolecular Hbond substituents is 1. The van der Waals surface area contributed by atoms with E-state index >= 15 is 0 Å². The fourth-order valence-corrected chi connectivity index (χ4v) is 2.11. The number of halogens is 1. The van der Waals surface area contributed by atoms with Crippen LogP contribution in [0.3, 0.4) is 0 Å². The molecule has 1 amide bonds. The van der Waals surface area contributed by atoms with Crippen LogP contribution in [0.5, 0.6) is 5.75 Å². The van der Waals surface area contributed by atoms with Gasteiger partial charge in [0.05, 0.1) is 5.56 Å². The molecule has 1 aliphatic rings. The highest BCUT2D eigenvalue weighted by molar-refractivity contribution is 5.94. The summed E-state index contributed by atoms with van der Waals surface area (Å²) in [5.41, 5.74) is -0.0262. The van der Waals surface area contributed by atoms with Crippen LogP contribution in [-0.4, -0.2) is 30.6 Å². The van der Waals surface area contributed by atoms with E-state index < -0.39 is 11.7 Å². The van der Waals surface area contributed by atoms with Crippen LogP contribution in [0.1, 0.15) is 23.2 Å². The maximum atomic E-state index is 13.4. The van der Waals surface area contributed by atoms with Crippen molar-refractivity contribution in [2.75, 3.05) is 19.6 Å². The molecule has 18 heavy (non-hydrogen) atoms. The molecule has 1 aromatic carbocycles. The molecule has 1 fully saturated rings. The van der Waals surface area contributed by atoms with Crippen molar-refractivity contribution < 1.29 is 14.3 Å². The molecular weight excluding hydrogens is 235 g/mol. The van der Waals surface area contributed by atoms with Gasteiger partial charge < -0.3 is 15.7 Å². The monoisotopic (exact) mass is 252 g/mol. The Morgan fingerprint density at radius 3 is 2.83 bits per heavy atom. The fourth-order valence-electron chi connectivity index (χ4n) is 2.11. The van der Waals surface area contributed by atoms with Crippen molar-refractivity contribution in [2.24, 2.45) is 5.92 Å². The molecule has 0 bridgehead atoms. The third-order valence-corrected chi connectivity index (χ3v) is 3.21. The average Bonchev–Trinajstić information content (AvgIpc) is 2.37. The van der Waals surface area contributed by atoms with E-state index in [0.29, 0.717) is 12.5 Å². The standard InChI is InChI=1S/C13H17FN2O2/c14-12-7-10(17)1-2-11(12)13(18)16-8-9-3-5-15-6-4-9/h1-2,7,9,15,17H,3-6,8H2,(H,16,18). The Morgan fingerprint density at radius 1 is 1.44 bits per heavy atom. The van der Waals surface area contributed by atoms with E-state index in [0.717, 1.165) is 32.0 Å². The van der Waals surface area contributed by atoms with Gasteiger partial charge in [-0.05, 0) is 44.0 Å². The molecule has 1 aromatic rings. The Labute approximate surface area is 105 Å². The molecular formula is C13H17FN2O2. The van der Waals surface area contributed by atoms with Crippen LogP contribution in [0.4, 0.5) is 4.39 Å². The largest absolute Gasteiger partial charge is 0.508 e. The van der Waals surface area contributed by atoms with Gasteiger partial charge in [-0.25, -0.2) is 4.39 Å². The van der Waals surface area contributed by atoms with Crippen LogP contribution in [-0.2, 0) is 0 Å². The van der Waals surface area contributed by atoms with Gasteiger partial charge >= 0.3 is 0 Å². The Kier molecular flexibility index (Phi) is 4.15. The molecule has 1 heterocycles. The first-order valence-electron chi connectivity index (χ1n) is 6.14. The van der Waals surface area contributed by atoms with Crippen molar-refractivity contribution in [3.63, 3.8) is 0 Å². The highest BCUT2D eigenvalue weighted by Crippen LogP contribution is 2.15. The summed E-state index contributed by atoms with van der Waals surface area (Å²) in [5, 5.41) is 15.1. The quantitative estimate of drug-likeness (QED) is 0.759. The maximum Gasteiger partial charge on any atom is 0.254 e. The van der Waals surface area contributed by atoms with Crippen molar-refractivity contribution in [3.05, 3.63) is 29.6 Å². The highest BCUT2D eigenvalue weighted by atomic mass is 19.1. The molecule has 0 spiro atoms. The predicted octanol–water partition coefficient (Wildman–Crippen LogP) is 1.26. The van der Waals surface area contributed by atoms with Gasteiger partial charge in [-0.2, -0.15) is 0 Å². The molecule has 0 aliphatic carbocycles. The number of carbonyl (C=O) groups excluding carboxylic acids is 1. The Morgan fingerprint density at radius 2 is 2.17 bits per heavy atom. The first-order valence-corrected chi connectivity index (χ1v) is 6.14. The molecule has 98 valence electrons. The Hall–Kier alpha value is -1.62. The van der Waals surface area contributed by atoms with E-state index in [9.17, 15) is 9.18 Å². The van der Waals surface area contributed by atoms with Gasteiger partial charge in [-0.1, -0.05) is 0 Å². The number of benzene rings is 1. The predicted molar refractivity (Wildman–Crippen MR) is 66.0 cm³/mol. The second kappa shape index (κ2) is 5.82. The number of hydrogen-bond donors (Lipinski definition) is 3. The van der Waals surface area contributed by atoms with Crippen LogP contribution >= 0.6 is 0 Å². The number of phenols is 1. The van der Waals surface area contributed by atoms with Crippen LogP contribution < -0.4 is 10.6 Å². The van der Waals surface area contributed by atoms with Gasteiger partial charge in [0.2, 0.25) is 0 Å². The van der Waals surface area contributed by atoms with Crippen molar-refractivity contribution in [1.29, 1.82) is 0 Å². The van der Waals surface area contributed by atoms with E-state index in [1.807, 2.05) is 0 Å². The molecule has 0 unspecified atom stereocenters. The topological polar surface area (TPSA) is 61.4 Å². The lowest BCUT2D eigenvalue weighted by atomic mass is 9.98. The lowest BCUT2D eigenvalue weighted by molar-refractivity contribution is 0.0940. The third-order valence-electron chi connectivity index (χ3n) is 3.21. The van der Waals surface area contributed by atoms with Crippen molar-refractivity contribution in [3.8, 4) is 5.75 Å². The number of aromatic hydroxyl groups is 1.